The third-order valence-corrected chi connectivity index (χ3v) is 11.3. The van der Waals surface area contributed by atoms with Gasteiger partial charge in [0.05, 0.1) is 22.4 Å². The van der Waals surface area contributed by atoms with E-state index in [0.717, 1.165) is 50.1 Å². The number of fused-ring (bicyclic) bond motifs is 11. The molecule has 8 aromatic carbocycles. The summed E-state index contributed by atoms with van der Waals surface area (Å²) in [5, 5.41) is 9.51. The second kappa shape index (κ2) is 10.6. The lowest BCUT2D eigenvalue weighted by Crippen LogP contribution is -2.12. The first-order valence-electron chi connectivity index (χ1n) is 16.9. The van der Waals surface area contributed by atoms with Crippen LogP contribution in [-0.2, 0) is 0 Å². The second-order valence-electron chi connectivity index (χ2n) is 12.9. The minimum absolute atomic E-state index is 0.885. The molecule has 0 aliphatic heterocycles. The molecule has 0 saturated heterocycles. The molecular formula is C46H28N2OS. The molecule has 0 amide bonds. The highest BCUT2D eigenvalue weighted by Gasteiger charge is 2.24. The fourth-order valence-electron chi connectivity index (χ4n) is 8.01. The van der Waals surface area contributed by atoms with Crippen LogP contribution in [0.15, 0.2) is 174 Å². The number of para-hydroxylation sites is 3. The summed E-state index contributed by atoms with van der Waals surface area (Å²) >= 11 is 1.85. The van der Waals surface area contributed by atoms with Crippen LogP contribution >= 0.6 is 11.3 Å². The maximum atomic E-state index is 6.59. The van der Waals surface area contributed by atoms with E-state index < -0.39 is 0 Å². The fraction of sp³-hybridized carbons (Fsp3) is 0. The molecular weight excluding hydrogens is 629 g/mol. The van der Waals surface area contributed by atoms with Gasteiger partial charge in [-0.15, -0.1) is 11.3 Å². The van der Waals surface area contributed by atoms with E-state index in [-0.39, 0.29) is 0 Å². The zero-order chi connectivity index (χ0) is 32.8. The molecule has 0 radical (unpaired) electrons. The van der Waals surface area contributed by atoms with E-state index in [9.17, 15) is 0 Å². The summed E-state index contributed by atoms with van der Waals surface area (Å²) in [5.74, 6) is 0. The van der Waals surface area contributed by atoms with Crippen molar-refractivity contribution >= 4 is 103 Å². The smallest absolute Gasteiger partial charge is 0.143 e. The number of hydrogen-bond donors (Lipinski definition) is 0. The van der Waals surface area contributed by atoms with E-state index in [1.54, 1.807) is 0 Å². The minimum atomic E-state index is 0.885. The molecule has 4 heteroatoms. The van der Waals surface area contributed by atoms with Crippen LogP contribution in [-0.4, -0.2) is 4.57 Å². The van der Waals surface area contributed by atoms with E-state index >= 15 is 0 Å². The van der Waals surface area contributed by atoms with Gasteiger partial charge in [0.2, 0.25) is 0 Å². The average molecular weight is 657 g/mol. The number of furan rings is 1. The maximum Gasteiger partial charge on any atom is 0.143 e. The summed E-state index contributed by atoms with van der Waals surface area (Å²) in [5.41, 5.74) is 8.64. The first-order valence-corrected chi connectivity index (χ1v) is 17.8. The Balaban J connectivity index is 1.28. The molecule has 3 nitrogen and oxygen atoms in total. The number of rotatable bonds is 4. The van der Waals surface area contributed by atoms with E-state index in [1.165, 1.54) is 47.4 Å². The van der Waals surface area contributed by atoms with E-state index in [0.29, 0.717) is 0 Å². The highest BCUT2D eigenvalue weighted by atomic mass is 32.1. The van der Waals surface area contributed by atoms with Crippen molar-refractivity contribution in [1.82, 2.24) is 4.57 Å². The van der Waals surface area contributed by atoms with E-state index in [4.69, 9.17) is 4.42 Å². The lowest BCUT2D eigenvalue weighted by atomic mass is 10.0. The van der Waals surface area contributed by atoms with Crippen molar-refractivity contribution in [3.63, 3.8) is 0 Å². The summed E-state index contributed by atoms with van der Waals surface area (Å²) in [6.45, 7) is 0. The van der Waals surface area contributed by atoms with Crippen LogP contribution < -0.4 is 4.90 Å². The molecule has 11 aromatic rings. The highest BCUT2D eigenvalue weighted by molar-refractivity contribution is 7.26. The molecule has 0 aliphatic rings. The third kappa shape index (κ3) is 3.91. The number of anilines is 3. The first-order chi connectivity index (χ1) is 24.8. The van der Waals surface area contributed by atoms with Gasteiger partial charge in [-0.25, -0.2) is 0 Å². The zero-order valence-corrected chi connectivity index (χ0v) is 27.7. The standard InChI is InChI=1S/C46H28N2OS/c1-2-13-30(14-3-1)48-38-19-8-6-16-33(38)34-18-10-21-40(45(34)48)47(39-20-11-23-43-44(39)36-17-7-9-22-42(36)50-43)31-25-27-41-37(28-31)35-26-24-29-12-4-5-15-32(29)46(35)49-41/h1-28H. The van der Waals surface area contributed by atoms with Crippen LogP contribution in [0.1, 0.15) is 0 Å². The molecule has 3 heterocycles. The van der Waals surface area contributed by atoms with Crippen LogP contribution in [0.2, 0.25) is 0 Å². The molecule has 0 unspecified atom stereocenters. The predicted octanol–water partition coefficient (Wildman–Crippen LogP) is 13.7. The van der Waals surface area contributed by atoms with Gasteiger partial charge in [-0.2, -0.15) is 0 Å². The Morgan fingerprint density at radius 2 is 1.20 bits per heavy atom. The quantitative estimate of drug-likeness (QED) is 0.188. The molecule has 234 valence electrons. The Morgan fingerprint density at radius 1 is 0.480 bits per heavy atom. The van der Waals surface area contributed by atoms with E-state index in [2.05, 4.69) is 179 Å². The Kier molecular flexibility index (Phi) is 5.83. The largest absolute Gasteiger partial charge is 0.455 e. The summed E-state index contributed by atoms with van der Waals surface area (Å²) in [6, 6.07) is 61.3. The number of hydrogen-bond acceptors (Lipinski definition) is 3. The molecule has 0 fully saturated rings. The number of aromatic nitrogens is 1. The molecule has 0 bridgehead atoms. The van der Waals surface area contributed by atoms with Gasteiger partial charge in [0, 0.05) is 58.5 Å². The van der Waals surface area contributed by atoms with Crippen molar-refractivity contribution in [3.8, 4) is 5.69 Å². The van der Waals surface area contributed by atoms with Crippen molar-refractivity contribution in [2.24, 2.45) is 0 Å². The number of thiophene rings is 1. The van der Waals surface area contributed by atoms with Gasteiger partial charge in [0.25, 0.3) is 0 Å². The van der Waals surface area contributed by atoms with Gasteiger partial charge in [-0.05, 0) is 72.1 Å². The van der Waals surface area contributed by atoms with Crippen molar-refractivity contribution in [2.75, 3.05) is 4.90 Å². The van der Waals surface area contributed by atoms with Crippen molar-refractivity contribution < 1.29 is 4.42 Å². The van der Waals surface area contributed by atoms with Gasteiger partial charge in [0.1, 0.15) is 11.2 Å². The van der Waals surface area contributed by atoms with Crippen molar-refractivity contribution in [3.05, 3.63) is 170 Å². The molecule has 0 aliphatic carbocycles. The Bertz CT molecular complexity index is 3110. The van der Waals surface area contributed by atoms with Crippen LogP contribution in [0.3, 0.4) is 0 Å². The molecule has 0 saturated carbocycles. The fourth-order valence-corrected chi connectivity index (χ4v) is 9.13. The second-order valence-corrected chi connectivity index (χ2v) is 14.0. The lowest BCUT2D eigenvalue weighted by Gasteiger charge is -2.28. The molecule has 11 rings (SSSR count). The summed E-state index contributed by atoms with van der Waals surface area (Å²) in [7, 11) is 0. The monoisotopic (exact) mass is 656 g/mol. The van der Waals surface area contributed by atoms with Crippen LogP contribution in [0.4, 0.5) is 17.1 Å². The molecule has 0 spiro atoms. The van der Waals surface area contributed by atoms with Gasteiger partial charge in [-0.1, -0.05) is 103 Å². The summed E-state index contributed by atoms with van der Waals surface area (Å²) in [4.78, 5) is 2.47. The van der Waals surface area contributed by atoms with Crippen LogP contribution in [0.5, 0.6) is 0 Å². The van der Waals surface area contributed by atoms with Gasteiger partial charge >= 0.3 is 0 Å². The molecule has 0 atom stereocenters. The van der Waals surface area contributed by atoms with Crippen LogP contribution in [0, 0.1) is 0 Å². The molecule has 50 heavy (non-hydrogen) atoms. The van der Waals surface area contributed by atoms with Crippen LogP contribution in [0.25, 0.3) is 80.4 Å². The SMILES string of the molecule is c1ccc(-n2c3ccccc3c3cccc(N(c4ccc5oc6c7ccccc7ccc6c5c4)c4cccc5sc6ccccc6c45)c32)cc1. The average Bonchev–Trinajstić information content (AvgIpc) is 3.86. The number of benzene rings is 8. The van der Waals surface area contributed by atoms with Crippen molar-refractivity contribution in [2.45, 2.75) is 0 Å². The normalized spacial score (nSPS) is 12.0. The molecule has 3 aromatic heterocycles. The lowest BCUT2D eigenvalue weighted by molar-refractivity contribution is 0.672. The summed E-state index contributed by atoms with van der Waals surface area (Å²) in [6.07, 6.45) is 0. The van der Waals surface area contributed by atoms with Gasteiger partial charge < -0.3 is 13.9 Å². The highest BCUT2D eigenvalue weighted by Crippen LogP contribution is 2.49. The molecule has 0 N–H and O–H groups in total. The van der Waals surface area contributed by atoms with Crippen molar-refractivity contribution in [1.29, 1.82) is 0 Å². The predicted molar refractivity (Wildman–Crippen MR) is 213 cm³/mol. The number of nitrogens with zero attached hydrogens (tertiary/aromatic N) is 2. The summed E-state index contributed by atoms with van der Waals surface area (Å²) < 4.78 is 11.6. The zero-order valence-electron chi connectivity index (χ0n) is 26.9. The Hall–Kier alpha value is -6.36. The minimum Gasteiger partial charge on any atom is -0.455 e. The van der Waals surface area contributed by atoms with E-state index in [1.807, 2.05) is 11.3 Å². The van der Waals surface area contributed by atoms with Gasteiger partial charge in [0.15, 0.2) is 0 Å². The maximum absolute atomic E-state index is 6.59. The first kappa shape index (κ1) is 27.6. The topological polar surface area (TPSA) is 21.3 Å². The Labute approximate surface area is 291 Å². The Morgan fingerprint density at radius 3 is 2.12 bits per heavy atom. The third-order valence-electron chi connectivity index (χ3n) is 10.2. The van der Waals surface area contributed by atoms with Gasteiger partial charge in [-0.3, -0.25) is 0 Å².